The van der Waals surface area contributed by atoms with Crippen molar-refractivity contribution in [3.05, 3.63) is 53.9 Å². The van der Waals surface area contributed by atoms with E-state index in [1.165, 1.54) is 5.56 Å². The van der Waals surface area contributed by atoms with Crippen molar-refractivity contribution in [1.82, 2.24) is 14.9 Å². The molecule has 1 aliphatic heterocycles. The van der Waals surface area contributed by atoms with Crippen LogP contribution in [0.3, 0.4) is 0 Å². The summed E-state index contributed by atoms with van der Waals surface area (Å²) < 4.78 is 6.06. The molecule has 5 heteroatoms. The zero-order valence-electron chi connectivity index (χ0n) is 14.6. The van der Waals surface area contributed by atoms with Crippen molar-refractivity contribution >= 4 is 5.95 Å². The summed E-state index contributed by atoms with van der Waals surface area (Å²) in [5, 5.41) is 0. The van der Waals surface area contributed by atoms with Crippen LogP contribution in [0.15, 0.2) is 42.6 Å². The molecule has 0 atom stereocenters. The molecule has 2 heterocycles. The first-order chi connectivity index (χ1) is 11.7. The van der Waals surface area contributed by atoms with Gasteiger partial charge in [0.1, 0.15) is 0 Å². The Morgan fingerprint density at radius 1 is 1.12 bits per heavy atom. The fourth-order valence-electron chi connectivity index (χ4n) is 2.94. The van der Waals surface area contributed by atoms with Crippen LogP contribution in [0.5, 0.6) is 0 Å². The van der Waals surface area contributed by atoms with Crippen LogP contribution < -0.4 is 4.90 Å². The molecule has 0 unspecified atom stereocenters. The van der Waals surface area contributed by atoms with Gasteiger partial charge in [0.05, 0.1) is 18.4 Å². The van der Waals surface area contributed by atoms with E-state index in [-0.39, 0.29) is 0 Å². The van der Waals surface area contributed by atoms with E-state index in [0.717, 1.165) is 44.1 Å². The highest BCUT2D eigenvalue weighted by molar-refractivity contribution is 5.27. The first kappa shape index (κ1) is 16.9. The number of aromatic nitrogens is 2. The van der Waals surface area contributed by atoms with Crippen LogP contribution >= 0.6 is 0 Å². The lowest BCUT2D eigenvalue weighted by Crippen LogP contribution is -2.36. The molecule has 1 aromatic heterocycles. The van der Waals surface area contributed by atoms with Gasteiger partial charge in [-0.25, -0.2) is 9.97 Å². The van der Waals surface area contributed by atoms with E-state index >= 15 is 0 Å². The number of likely N-dealkylation sites (tertiary alicyclic amines) is 1. The number of hydrogen-bond donors (Lipinski definition) is 0. The van der Waals surface area contributed by atoms with Gasteiger partial charge < -0.3 is 9.64 Å². The van der Waals surface area contributed by atoms with E-state index in [2.05, 4.69) is 39.1 Å². The molecule has 0 aliphatic carbocycles. The van der Waals surface area contributed by atoms with Gasteiger partial charge in [-0.15, -0.1) is 0 Å². The molecule has 1 aromatic carbocycles. The summed E-state index contributed by atoms with van der Waals surface area (Å²) in [5.74, 6) is 0.772. The highest BCUT2D eigenvalue weighted by Gasteiger charge is 2.20. The Kier molecular flexibility index (Phi) is 5.77. The minimum atomic E-state index is 0.365. The fourth-order valence-corrected chi connectivity index (χ4v) is 2.94. The largest absolute Gasteiger partial charge is 0.373 e. The van der Waals surface area contributed by atoms with Crippen LogP contribution in [-0.4, -0.2) is 48.2 Å². The normalized spacial score (nSPS) is 16.2. The summed E-state index contributed by atoms with van der Waals surface area (Å²) in [6, 6.07) is 12.4. The van der Waals surface area contributed by atoms with Crippen LogP contribution in [0.4, 0.5) is 5.95 Å². The summed E-state index contributed by atoms with van der Waals surface area (Å²) in [5.41, 5.74) is 2.33. The molecule has 0 radical (unpaired) electrons. The summed E-state index contributed by atoms with van der Waals surface area (Å²) in [7, 11) is 3.93. The topological polar surface area (TPSA) is 41.5 Å². The second kappa shape index (κ2) is 8.22. The zero-order valence-corrected chi connectivity index (χ0v) is 14.6. The quantitative estimate of drug-likeness (QED) is 0.816. The lowest BCUT2D eigenvalue weighted by atomic mass is 10.1. The predicted octanol–water partition coefficient (Wildman–Crippen LogP) is 2.72. The lowest BCUT2D eigenvalue weighted by Gasteiger charge is -2.31. The maximum Gasteiger partial charge on any atom is 0.225 e. The number of rotatable bonds is 6. The number of hydrogen-bond acceptors (Lipinski definition) is 5. The summed E-state index contributed by atoms with van der Waals surface area (Å²) >= 11 is 0. The molecule has 5 nitrogen and oxygen atoms in total. The molecular weight excluding hydrogens is 300 g/mol. The van der Waals surface area contributed by atoms with Gasteiger partial charge in [-0.2, -0.15) is 0 Å². The van der Waals surface area contributed by atoms with E-state index in [1.54, 1.807) is 0 Å². The molecule has 24 heavy (non-hydrogen) atoms. The number of nitrogens with zero attached hydrogens (tertiary/aromatic N) is 4. The number of benzene rings is 1. The average molecular weight is 326 g/mol. The summed E-state index contributed by atoms with van der Waals surface area (Å²) in [6.07, 6.45) is 4.37. The molecular formula is C19H26N4O. The zero-order chi connectivity index (χ0) is 16.8. The lowest BCUT2D eigenvalue weighted by molar-refractivity contribution is -0.00414. The Morgan fingerprint density at radius 2 is 1.88 bits per heavy atom. The number of ether oxygens (including phenoxy) is 1. The van der Waals surface area contributed by atoms with Crippen LogP contribution in [0.25, 0.3) is 0 Å². The van der Waals surface area contributed by atoms with E-state index < -0.39 is 0 Å². The van der Waals surface area contributed by atoms with Gasteiger partial charge in [0.25, 0.3) is 0 Å². The van der Waals surface area contributed by atoms with Gasteiger partial charge in [0.2, 0.25) is 5.95 Å². The Morgan fingerprint density at radius 3 is 2.58 bits per heavy atom. The van der Waals surface area contributed by atoms with Gasteiger partial charge in [0.15, 0.2) is 0 Å². The highest BCUT2D eigenvalue weighted by Crippen LogP contribution is 2.17. The molecule has 0 saturated carbocycles. The fraction of sp³-hybridized carbons (Fsp3) is 0.474. The molecule has 3 rings (SSSR count). The van der Waals surface area contributed by atoms with Crippen LogP contribution in [-0.2, 0) is 17.9 Å². The van der Waals surface area contributed by atoms with Crippen molar-refractivity contribution < 1.29 is 4.74 Å². The van der Waals surface area contributed by atoms with E-state index in [4.69, 9.17) is 4.74 Å². The van der Waals surface area contributed by atoms with Gasteiger partial charge in [-0.05, 0) is 24.5 Å². The van der Waals surface area contributed by atoms with Gasteiger partial charge >= 0.3 is 0 Å². The Bertz CT molecular complexity index is 624. The van der Waals surface area contributed by atoms with Crippen molar-refractivity contribution in [1.29, 1.82) is 0 Å². The van der Waals surface area contributed by atoms with Crippen molar-refractivity contribution in [2.45, 2.75) is 32.1 Å². The Hall–Kier alpha value is -1.98. The third-order valence-corrected chi connectivity index (χ3v) is 4.35. The van der Waals surface area contributed by atoms with Gasteiger partial charge in [-0.3, -0.25) is 4.90 Å². The smallest absolute Gasteiger partial charge is 0.225 e. The van der Waals surface area contributed by atoms with Gasteiger partial charge in [-0.1, -0.05) is 30.3 Å². The SMILES string of the molecule is CN(C)c1nccc(CN2CCC(OCc3ccccc3)CC2)n1. The summed E-state index contributed by atoms with van der Waals surface area (Å²) in [4.78, 5) is 13.3. The third-order valence-electron chi connectivity index (χ3n) is 4.35. The molecule has 0 N–H and O–H groups in total. The second-order valence-electron chi connectivity index (χ2n) is 6.51. The minimum Gasteiger partial charge on any atom is -0.373 e. The van der Waals surface area contributed by atoms with Crippen molar-refractivity contribution in [3.63, 3.8) is 0 Å². The molecule has 1 aliphatic rings. The predicted molar refractivity (Wildman–Crippen MR) is 95.9 cm³/mol. The van der Waals surface area contributed by atoms with Crippen molar-refractivity contribution in [3.8, 4) is 0 Å². The second-order valence-corrected chi connectivity index (χ2v) is 6.51. The Labute approximate surface area is 144 Å². The van der Waals surface area contributed by atoms with Crippen molar-refractivity contribution in [2.75, 3.05) is 32.1 Å². The maximum absolute atomic E-state index is 6.06. The van der Waals surface area contributed by atoms with Crippen LogP contribution in [0.1, 0.15) is 24.1 Å². The minimum absolute atomic E-state index is 0.365. The molecule has 1 fully saturated rings. The van der Waals surface area contributed by atoms with E-state index in [1.807, 2.05) is 37.3 Å². The third kappa shape index (κ3) is 4.76. The first-order valence-electron chi connectivity index (χ1n) is 8.58. The van der Waals surface area contributed by atoms with Crippen LogP contribution in [0, 0.1) is 0 Å². The molecule has 0 spiro atoms. The molecule has 2 aromatic rings. The van der Waals surface area contributed by atoms with E-state index in [0.29, 0.717) is 12.7 Å². The number of anilines is 1. The van der Waals surface area contributed by atoms with Gasteiger partial charge in [0, 0.05) is 39.9 Å². The number of piperidine rings is 1. The maximum atomic E-state index is 6.06. The molecule has 0 amide bonds. The van der Waals surface area contributed by atoms with Crippen molar-refractivity contribution in [2.24, 2.45) is 0 Å². The molecule has 1 saturated heterocycles. The van der Waals surface area contributed by atoms with E-state index in [9.17, 15) is 0 Å². The summed E-state index contributed by atoms with van der Waals surface area (Å²) in [6.45, 7) is 3.71. The standard InChI is InChI=1S/C19H26N4O/c1-22(2)19-20-11-8-17(21-19)14-23-12-9-18(10-13-23)24-15-16-6-4-3-5-7-16/h3-8,11,18H,9-10,12-15H2,1-2H3. The molecule has 128 valence electrons. The Balaban J connectivity index is 1.44. The molecule has 0 bridgehead atoms. The average Bonchev–Trinajstić information content (AvgIpc) is 2.62. The first-order valence-corrected chi connectivity index (χ1v) is 8.58. The highest BCUT2D eigenvalue weighted by atomic mass is 16.5. The monoisotopic (exact) mass is 326 g/mol. The van der Waals surface area contributed by atoms with Crippen LogP contribution in [0.2, 0.25) is 0 Å².